The number of aromatic nitrogens is 2. The molecule has 2 aromatic heterocycles. The van der Waals surface area contributed by atoms with Crippen LogP contribution in [0.2, 0.25) is 0 Å². The number of hydrogen-bond acceptors (Lipinski definition) is 4. The molecule has 0 saturated heterocycles. The van der Waals surface area contributed by atoms with Crippen molar-refractivity contribution >= 4 is 33.3 Å². The molecule has 2 heterocycles. The first-order chi connectivity index (χ1) is 16.9. The first-order valence-electron chi connectivity index (χ1n) is 11.3. The molecule has 0 aliphatic heterocycles. The summed E-state index contributed by atoms with van der Waals surface area (Å²) in [7, 11) is 0. The Bertz CT molecular complexity index is 1470. The van der Waals surface area contributed by atoms with Crippen LogP contribution in [0, 0.1) is 11.2 Å². The van der Waals surface area contributed by atoms with E-state index in [9.17, 15) is 9.18 Å². The highest BCUT2D eigenvalue weighted by Gasteiger charge is 2.39. The van der Waals surface area contributed by atoms with Gasteiger partial charge in [-0.2, -0.15) is 0 Å². The molecule has 0 aliphatic carbocycles. The maximum absolute atomic E-state index is 13.7. The summed E-state index contributed by atoms with van der Waals surface area (Å²) in [6, 6.07) is 24.6. The lowest BCUT2D eigenvalue weighted by Gasteiger charge is -2.34. The fourth-order valence-corrected chi connectivity index (χ4v) is 5.10. The summed E-state index contributed by atoms with van der Waals surface area (Å²) < 4.78 is 13.7. The molecular formula is C29H24FN3OS. The monoisotopic (exact) mass is 481 g/mol. The smallest absolute Gasteiger partial charge is 0.232 e. The van der Waals surface area contributed by atoms with Gasteiger partial charge < -0.3 is 5.32 Å². The van der Waals surface area contributed by atoms with Crippen molar-refractivity contribution in [3.8, 4) is 11.1 Å². The van der Waals surface area contributed by atoms with Crippen LogP contribution in [0.4, 0.5) is 9.52 Å². The third-order valence-electron chi connectivity index (χ3n) is 6.31. The number of carbonyl (C=O) groups excluding carboxylic acids is 1. The number of rotatable bonds is 6. The van der Waals surface area contributed by atoms with Gasteiger partial charge in [-0.3, -0.25) is 9.78 Å². The molecule has 0 fully saturated rings. The van der Waals surface area contributed by atoms with Gasteiger partial charge in [0, 0.05) is 34.6 Å². The average molecular weight is 482 g/mol. The van der Waals surface area contributed by atoms with Crippen LogP contribution in [0.15, 0.2) is 96.6 Å². The van der Waals surface area contributed by atoms with E-state index in [1.807, 2.05) is 61.7 Å². The highest BCUT2D eigenvalue weighted by Crippen LogP contribution is 2.44. The number of pyridine rings is 1. The summed E-state index contributed by atoms with van der Waals surface area (Å²) in [6.45, 7) is 3.91. The normalized spacial score (nSPS) is 12.4. The molecule has 0 aliphatic rings. The summed E-state index contributed by atoms with van der Waals surface area (Å²) in [4.78, 5) is 22.4. The summed E-state index contributed by atoms with van der Waals surface area (Å²) in [5, 5.41) is 6.36. The molecular weight excluding hydrogens is 457 g/mol. The highest BCUT2D eigenvalue weighted by molar-refractivity contribution is 7.13. The molecule has 6 heteroatoms. The lowest BCUT2D eigenvalue weighted by Crippen LogP contribution is -2.37. The van der Waals surface area contributed by atoms with E-state index >= 15 is 0 Å². The Balaban J connectivity index is 1.69. The Kier molecular flexibility index (Phi) is 6.14. The number of halogens is 1. The number of nitrogens with one attached hydrogen (secondary N) is 1. The second kappa shape index (κ2) is 9.39. The number of amides is 1. The molecule has 5 rings (SSSR count). The summed E-state index contributed by atoms with van der Waals surface area (Å²) in [5.41, 5.74) is 3.79. The van der Waals surface area contributed by atoms with Gasteiger partial charge in [-0.15, -0.1) is 11.3 Å². The fourth-order valence-electron chi connectivity index (χ4n) is 4.58. The zero-order valence-corrected chi connectivity index (χ0v) is 20.2. The Labute approximate surface area is 207 Å². The van der Waals surface area contributed by atoms with Gasteiger partial charge in [0.05, 0.1) is 10.9 Å². The molecule has 0 bridgehead atoms. The molecule has 0 saturated carbocycles. The van der Waals surface area contributed by atoms with Crippen molar-refractivity contribution in [1.29, 1.82) is 0 Å². The highest BCUT2D eigenvalue weighted by atomic mass is 32.1. The van der Waals surface area contributed by atoms with E-state index in [0.29, 0.717) is 5.13 Å². The molecule has 0 radical (unpaired) electrons. The van der Waals surface area contributed by atoms with Crippen LogP contribution in [0.5, 0.6) is 0 Å². The maximum atomic E-state index is 13.7. The van der Waals surface area contributed by atoms with E-state index in [1.165, 1.54) is 23.5 Å². The summed E-state index contributed by atoms with van der Waals surface area (Å²) in [5.74, 6) is -0.660. The van der Waals surface area contributed by atoms with Crippen LogP contribution in [0.25, 0.3) is 22.0 Å². The number of fused-ring (bicyclic) bond motifs is 1. The standard InChI is InChI=1S/C29H24FN3OS/c1-29(2,27(34)33-28-32-15-16-35-28)25(20-7-4-3-5-8-20)22-17-21-9-6-14-31-26(21)24(18-22)19-10-12-23(30)13-11-19/h3-18,25H,1-2H3,(H,32,33,34). The molecule has 1 N–H and O–H groups in total. The summed E-state index contributed by atoms with van der Waals surface area (Å²) >= 11 is 1.39. The Morgan fingerprint density at radius 2 is 1.69 bits per heavy atom. The number of carbonyl (C=O) groups is 1. The minimum Gasteiger partial charge on any atom is -0.301 e. The van der Waals surface area contributed by atoms with Gasteiger partial charge in [0.1, 0.15) is 5.82 Å². The van der Waals surface area contributed by atoms with E-state index in [4.69, 9.17) is 0 Å². The fraction of sp³-hybridized carbons (Fsp3) is 0.138. The minimum absolute atomic E-state index is 0.115. The van der Waals surface area contributed by atoms with Gasteiger partial charge in [-0.1, -0.05) is 62.4 Å². The molecule has 0 spiro atoms. The van der Waals surface area contributed by atoms with Crippen molar-refractivity contribution in [1.82, 2.24) is 9.97 Å². The minimum atomic E-state index is -0.816. The molecule has 1 atom stereocenters. The number of anilines is 1. The van der Waals surface area contributed by atoms with Crippen molar-refractivity contribution in [2.75, 3.05) is 5.32 Å². The molecule has 1 unspecified atom stereocenters. The average Bonchev–Trinajstić information content (AvgIpc) is 3.38. The lowest BCUT2D eigenvalue weighted by molar-refractivity contribution is -0.124. The number of thiazole rings is 1. The van der Waals surface area contributed by atoms with Crippen LogP contribution in [-0.2, 0) is 4.79 Å². The molecule has 35 heavy (non-hydrogen) atoms. The van der Waals surface area contributed by atoms with Gasteiger partial charge in [-0.05, 0) is 47.0 Å². The van der Waals surface area contributed by atoms with Crippen molar-refractivity contribution in [3.63, 3.8) is 0 Å². The second-order valence-corrected chi connectivity index (χ2v) is 9.90. The Morgan fingerprint density at radius 3 is 2.40 bits per heavy atom. The third-order valence-corrected chi connectivity index (χ3v) is 7.00. The lowest BCUT2D eigenvalue weighted by atomic mass is 9.70. The third kappa shape index (κ3) is 4.57. The van der Waals surface area contributed by atoms with Crippen molar-refractivity contribution in [2.45, 2.75) is 19.8 Å². The van der Waals surface area contributed by atoms with E-state index in [2.05, 4.69) is 27.4 Å². The molecule has 3 aromatic carbocycles. The van der Waals surface area contributed by atoms with Crippen molar-refractivity contribution in [3.05, 3.63) is 114 Å². The number of nitrogens with zero attached hydrogens (tertiary/aromatic N) is 2. The second-order valence-electron chi connectivity index (χ2n) is 9.01. The van der Waals surface area contributed by atoms with Gasteiger partial charge >= 0.3 is 0 Å². The van der Waals surface area contributed by atoms with Crippen molar-refractivity contribution in [2.24, 2.45) is 5.41 Å². The van der Waals surface area contributed by atoms with E-state index in [-0.39, 0.29) is 17.6 Å². The van der Waals surface area contributed by atoms with Crippen LogP contribution in [0.1, 0.15) is 30.9 Å². The van der Waals surface area contributed by atoms with Crippen LogP contribution in [0.3, 0.4) is 0 Å². The maximum Gasteiger partial charge on any atom is 0.232 e. The van der Waals surface area contributed by atoms with E-state index in [0.717, 1.165) is 33.2 Å². The topological polar surface area (TPSA) is 54.9 Å². The zero-order valence-electron chi connectivity index (χ0n) is 19.4. The molecule has 4 nitrogen and oxygen atoms in total. The van der Waals surface area contributed by atoms with Gasteiger partial charge in [0.15, 0.2) is 5.13 Å². The largest absolute Gasteiger partial charge is 0.301 e. The van der Waals surface area contributed by atoms with Crippen LogP contribution < -0.4 is 5.32 Å². The quantitative estimate of drug-likeness (QED) is 0.277. The Hall–Kier alpha value is -3.90. The molecule has 1 amide bonds. The first kappa shape index (κ1) is 22.9. The predicted molar refractivity (Wildman–Crippen MR) is 140 cm³/mol. The number of hydrogen-bond donors (Lipinski definition) is 1. The van der Waals surface area contributed by atoms with Crippen LogP contribution in [-0.4, -0.2) is 15.9 Å². The van der Waals surface area contributed by atoms with Gasteiger partial charge in [-0.25, -0.2) is 9.37 Å². The molecule has 174 valence electrons. The predicted octanol–water partition coefficient (Wildman–Crippen LogP) is 7.29. The van der Waals surface area contributed by atoms with Gasteiger partial charge in [0.25, 0.3) is 0 Å². The van der Waals surface area contributed by atoms with Crippen molar-refractivity contribution < 1.29 is 9.18 Å². The summed E-state index contributed by atoms with van der Waals surface area (Å²) in [6.07, 6.45) is 3.43. The zero-order chi connectivity index (χ0) is 24.4. The Morgan fingerprint density at radius 1 is 0.914 bits per heavy atom. The molecule has 5 aromatic rings. The van der Waals surface area contributed by atoms with E-state index in [1.54, 1.807) is 24.5 Å². The first-order valence-corrected chi connectivity index (χ1v) is 12.2. The van der Waals surface area contributed by atoms with Gasteiger partial charge in [0.2, 0.25) is 5.91 Å². The SMILES string of the molecule is CC(C)(C(=O)Nc1nccs1)C(c1ccccc1)c1cc(-c2ccc(F)cc2)c2ncccc2c1. The van der Waals surface area contributed by atoms with Crippen LogP contribution >= 0.6 is 11.3 Å². The number of benzene rings is 3. The van der Waals surface area contributed by atoms with E-state index < -0.39 is 5.41 Å².